The van der Waals surface area contributed by atoms with Gasteiger partial charge in [0.05, 0.1) is 34.5 Å². The van der Waals surface area contributed by atoms with Crippen LogP contribution >= 0.6 is 31.9 Å². The molecular weight excluding hydrogens is 627 g/mol. The summed E-state index contributed by atoms with van der Waals surface area (Å²) in [6.07, 6.45) is 3.08. The van der Waals surface area contributed by atoms with Crippen LogP contribution in [0.15, 0.2) is 67.5 Å². The number of methoxy groups -OCH3 is 2. The van der Waals surface area contributed by atoms with Crippen molar-refractivity contribution in [2.45, 2.75) is 6.92 Å². The van der Waals surface area contributed by atoms with E-state index in [0.29, 0.717) is 42.9 Å². The molecule has 0 aliphatic rings. The normalized spacial score (nSPS) is 10.4. The van der Waals surface area contributed by atoms with E-state index in [1.165, 1.54) is 12.4 Å². The van der Waals surface area contributed by atoms with Crippen LogP contribution in [0.25, 0.3) is 0 Å². The molecule has 0 aliphatic carbocycles. The van der Waals surface area contributed by atoms with Crippen LogP contribution < -0.4 is 9.47 Å². The first-order valence-corrected chi connectivity index (χ1v) is 11.2. The maximum Gasteiger partial charge on any atom is 0.300 e. The van der Waals surface area contributed by atoms with Gasteiger partial charge in [-0.05, 0) is 68.3 Å². The number of aromatic hydroxyl groups is 2. The summed E-state index contributed by atoms with van der Waals surface area (Å²) < 4.78 is 11.5. The summed E-state index contributed by atoms with van der Waals surface area (Å²) >= 11 is 6.60. The summed E-state index contributed by atoms with van der Waals surface area (Å²) in [6.45, 7) is 1.08. The first-order valence-electron chi connectivity index (χ1n) is 9.66. The Morgan fingerprint density at radius 2 is 1.17 bits per heavy atom. The zero-order valence-corrected chi connectivity index (χ0v) is 23.2. The number of carboxylic acids is 1. The molecule has 3 aromatic carbocycles. The van der Waals surface area contributed by atoms with E-state index in [2.05, 4.69) is 41.8 Å². The van der Waals surface area contributed by atoms with E-state index in [-0.39, 0.29) is 28.6 Å². The van der Waals surface area contributed by atoms with Crippen molar-refractivity contribution in [1.82, 2.24) is 0 Å². The predicted octanol–water partition coefficient (Wildman–Crippen LogP) is 6.23. The van der Waals surface area contributed by atoms with Crippen molar-refractivity contribution < 1.29 is 46.7 Å². The number of halogens is 2. The number of phenols is 2. The van der Waals surface area contributed by atoms with Crippen LogP contribution in [0.3, 0.4) is 0 Å². The number of benzene rings is 3. The Kier molecular flexibility index (Phi) is 12.5. The molecule has 11 heteroatoms. The van der Waals surface area contributed by atoms with Gasteiger partial charge in [0.15, 0.2) is 0 Å². The summed E-state index contributed by atoms with van der Waals surface area (Å²) in [6, 6.07) is 14.0. The molecule has 3 N–H and O–H groups in total. The van der Waals surface area contributed by atoms with Gasteiger partial charge in [0.2, 0.25) is 0 Å². The van der Waals surface area contributed by atoms with E-state index in [4.69, 9.17) is 19.4 Å². The van der Waals surface area contributed by atoms with Gasteiger partial charge in [-0.25, -0.2) is 0 Å². The minimum absolute atomic E-state index is 0. The topological polar surface area (TPSA) is 121 Å². The number of para-hydroxylation sites is 2. The van der Waals surface area contributed by atoms with Crippen LogP contribution in [0.1, 0.15) is 18.1 Å². The number of rotatable bonds is 6. The molecule has 3 aromatic rings. The van der Waals surface area contributed by atoms with E-state index >= 15 is 0 Å². The van der Waals surface area contributed by atoms with Crippen molar-refractivity contribution in [3.8, 4) is 23.0 Å². The Morgan fingerprint density at radius 3 is 1.49 bits per heavy atom. The predicted molar refractivity (Wildman–Crippen MR) is 139 cm³/mol. The van der Waals surface area contributed by atoms with Crippen molar-refractivity contribution in [1.29, 1.82) is 0 Å². The smallest absolute Gasteiger partial charge is 0.300 e. The second-order valence-corrected chi connectivity index (χ2v) is 8.33. The molecule has 3 rings (SSSR count). The van der Waals surface area contributed by atoms with Gasteiger partial charge in [0.1, 0.15) is 23.0 Å². The number of nitrogens with zero attached hydrogens (tertiary/aromatic N) is 2. The van der Waals surface area contributed by atoms with Gasteiger partial charge in [-0.15, -0.1) is 0 Å². The Bertz CT molecular complexity index is 1140. The van der Waals surface area contributed by atoms with Gasteiger partial charge in [0, 0.05) is 47.5 Å². The van der Waals surface area contributed by atoms with Gasteiger partial charge in [0.25, 0.3) is 5.97 Å². The average molecular weight is 649 g/mol. The number of ether oxygens (including phenoxy) is 2. The average Bonchev–Trinajstić information content (AvgIpc) is 2.80. The van der Waals surface area contributed by atoms with Crippen LogP contribution in [0, 0.1) is 0 Å². The fraction of sp³-hybridized carbons (Fsp3) is 0.125. The van der Waals surface area contributed by atoms with Crippen LogP contribution in [0.4, 0.5) is 11.4 Å². The minimum atomic E-state index is -0.833. The third-order valence-electron chi connectivity index (χ3n) is 4.17. The molecule has 0 fully saturated rings. The Morgan fingerprint density at radius 1 is 0.829 bits per heavy atom. The number of phenolic OH excluding ortho intramolecular Hbond substituents is 2. The van der Waals surface area contributed by atoms with Crippen LogP contribution in [0.2, 0.25) is 0 Å². The zero-order valence-electron chi connectivity index (χ0n) is 18.9. The Balaban J connectivity index is 0.00000114. The fourth-order valence-corrected chi connectivity index (χ4v) is 3.49. The number of aliphatic carboxylic acids is 1. The molecule has 0 saturated carbocycles. The molecule has 0 aromatic heterocycles. The van der Waals surface area contributed by atoms with Crippen molar-refractivity contribution in [2.24, 2.45) is 9.98 Å². The summed E-state index contributed by atoms with van der Waals surface area (Å²) in [5, 5.41) is 27.9. The van der Waals surface area contributed by atoms with Crippen molar-refractivity contribution in [3.05, 3.63) is 68.6 Å². The molecular formula is C24H22Br2MnN2O6. The van der Waals surface area contributed by atoms with E-state index < -0.39 is 5.97 Å². The second-order valence-electron chi connectivity index (χ2n) is 6.62. The van der Waals surface area contributed by atoms with E-state index in [1.807, 2.05) is 12.1 Å². The third kappa shape index (κ3) is 9.03. The van der Waals surface area contributed by atoms with E-state index in [1.54, 1.807) is 50.6 Å². The summed E-state index contributed by atoms with van der Waals surface area (Å²) in [5.41, 5.74) is 2.17. The van der Waals surface area contributed by atoms with Crippen LogP contribution in [0.5, 0.6) is 23.0 Å². The van der Waals surface area contributed by atoms with Gasteiger partial charge in [-0.1, -0.05) is 12.1 Å². The number of hydrogen-bond donors (Lipinski definition) is 3. The molecule has 0 spiro atoms. The summed E-state index contributed by atoms with van der Waals surface area (Å²) in [7, 11) is 3.10. The molecule has 0 saturated heterocycles. The van der Waals surface area contributed by atoms with Gasteiger partial charge < -0.3 is 24.8 Å². The zero-order chi connectivity index (χ0) is 25.3. The summed E-state index contributed by atoms with van der Waals surface area (Å²) in [5.74, 6) is 0.469. The molecule has 0 unspecified atom stereocenters. The van der Waals surface area contributed by atoms with Crippen LogP contribution in [-0.4, -0.2) is 47.9 Å². The van der Waals surface area contributed by atoms with Crippen LogP contribution in [-0.2, 0) is 21.9 Å². The molecule has 185 valence electrons. The minimum Gasteiger partial charge on any atom is -0.506 e. The molecule has 35 heavy (non-hydrogen) atoms. The monoisotopic (exact) mass is 647 g/mol. The molecule has 0 heterocycles. The molecule has 8 nitrogen and oxygen atoms in total. The molecule has 1 radical (unpaired) electrons. The Labute approximate surface area is 230 Å². The molecule has 0 atom stereocenters. The van der Waals surface area contributed by atoms with Gasteiger partial charge in [-0.3, -0.25) is 14.8 Å². The molecule has 0 bridgehead atoms. The maximum absolute atomic E-state index is 10.3. The first kappa shape index (κ1) is 30.2. The molecule has 0 aliphatic heterocycles. The van der Waals surface area contributed by atoms with Crippen molar-refractivity contribution in [3.63, 3.8) is 0 Å². The SMILES string of the molecule is CC(=O)O.COc1cc(Br)c(O)c(C=Nc2ccccc2N=Cc2cc(OC)cc(Br)c2O)c1.[Mn]. The van der Waals surface area contributed by atoms with Crippen molar-refractivity contribution >= 4 is 61.6 Å². The van der Waals surface area contributed by atoms with Gasteiger partial charge in [-0.2, -0.15) is 0 Å². The summed E-state index contributed by atoms with van der Waals surface area (Å²) in [4.78, 5) is 17.9. The largest absolute Gasteiger partial charge is 0.506 e. The van der Waals surface area contributed by atoms with Gasteiger partial charge >= 0.3 is 0 Å². The number of carboxylic acid groups (broad SMARTS) is 1. The van der Waals surface area contributed by atoms with Crippen molar-refractivity contribution in [2.75, 3.05) is 14.2 Å². The maximum atomic E-state index is 10.3. The number of hydrogen-bond acceptors (Lipinski definition) is 7. The van der Waals surface area contributed by atoms with E-state index in [0.717, 1.165) is 6.92 Å². The Hall–Kier alpha value is -2.85. The second kappa shape index (κ2) is 14.5. The number of carbonyl (C=O) groups is 1. The quantitative estimate of drug-likeness (QED) is 0.215. The fourth-order valence-electron chi connectivity index (χ4n) is 2.58. The van der Waals surface area contributed by atoms with E-state index in [9.17, 15) is 10.2 Å². The number of aliphatic imine (C=N–C) groups is 2. The third-order valence-corrected chi connectivity index (χ3v) is 5.38. The molecule has 0 amide bonds. The standard InChI is InChI=1S/C22H18Br2N2O4.C2H4O2.Mn/c1-29-15-7-13(21(27)17(23)9-15)11-25-19-5-3-4-6-20(19)26-12-14-8-16(30-2)10-18(24)22(14)28;1-2(3)4;/h3-12,27-28H,1-2H3;1H3,(H,3,4);. The first-order chi connectivity index (χ1) is 16.2.